The van der Waals surface area contributed by atoms with E-state index in [0.717, 1.165) is 6.26 Å². The van der Waals surface area contributed by atoms with Crippen LogP contribution in [0.4, 0.5) is 0 Å². The van der Waals surface area contributed by atoms with Gasteiger partial charge in [-0.25, -0.2) is 13.1 Å². The molecule has 1 N–H and O–H groups in total. The Balaban J connectivity index is 2.48. The molecule has 0 saturated carbocycles. The standard InChI is InChI=1S/C21H24ClNO7S/c1-27-16-9-7-11-13(10-15(16)24)14(23-31(5,25)26)8-6-12-17(11)19(28-2)21(30-4)20(29-3)18(12)22/h7,9-10,14,23H,6,8H2,1-5H3/t14-/m0/s1. The van der Waals surface area contributed by atoms with Crippen LogP contribution >= 0.6 is 11.6 Å². The number of ether oxygens (including phenoxy) is 4. The molecule has 1 aliphatic rings. The van der Waals surface area contributed by atoms with Crippen molar-refractivity contribution < 1.29 is 27.4 Å². The van der Waals surface area contributed by atoms with Gasteiger partial charge in [0.1, 0.15) is 0 Å². The molecular formula is C21H24ClNO7S. The summed E-state index contributed by atoms with van der Waals surface area (Å²) in [5, 5.41) is 0.335. The van der Waals surface area contributed by atoms with Gasteiger partial charge in [0.2, 0.25) is 21.2 Å². The lowest BCUT2D eigenvalue weighted by Crippen LogP contribution is -2.28. The van der Waals surface area contributed by atoms with Gasteiger partial charge in [0.15, 0.2) is 17.2 Å². The number of benzene rings is 1. The molecule has 1 atom stereocenters. The fourth-order valence-corrected chi connectivity index (χ4v) is 5.03. The van der Waals surface area contributed by atoms with Crippen LogP contribution in [0, 0.1) is 0 Å². The summed E-state index contributed by atoms with van der Waals surface area (Å²) in [4.78, 5) is 12.7. The number of hydrogen-bond acceptors (Lipinski definition) is 7. The third-order valence-corrected chi connectivity index (χ3v) is 6.28. The van der Waals surface area contributed by atoms with E-state index < -0.39 is 16.1 Å². The highest BCUT2D eigenvalue weighted by Crippen LogP contribution is 2.54. The molecule has 0 amide bonds. The topological polar surface area (TPSA) is 100 Å². The second kappa shape index (κ2) is 8.94. The van der Waals surface area contributed by atoms with Gasteiger partial charge in [0.05, 0.1) is 39.7 Å². The van der Waals surface area contributed by atoms with Crippen molar-refractivity contribution in [3.63, 3.8) is 0 Å². The van der Waals surface area contributed by atoms with Gasteiger partial charge < -0.3 is 18.9 Å². The predicted octanol–water partition coefficient (Wildman–Crippen LogP) is 2.94. The SMILES string of the molecule is COc1c(Cl)c2c(c(OC)c1OC)-c1ccc(OC)c(=O)cc1[C@@H](NS(C)(=O)=O)CC2. The van der Waals surface area contributed by atoms with E-state index in [2.05, 4.69) is 4.72 Å². The summed E-state index contributed by atoms with van der Waals surface area (Å²) >= 11 is 6.70. The zero-order valence-corrected chi connectivity index (χ0v) is 19.4. The molecule has 8 nitrogen and oxygen atoms in total. The molecule has 2 aromatic carbocycles. The number of fused-ring (bicyclic) bond motifs is 3. The first-order valence-corrected chi connectivity index (χ1v) is 11.6. The fourth-order valence-electron chi connectivity index (χ4n) is 3.92. The number of methoxy groups -OCH3 is 4. The lowest BCUT2D eigenvalue weighted by molar-refractivity contribution is 0.325. The van der Waals surface area contributed by atoms with Crippen molar-refractivity contribution in [1.29, 1.82) is 0 Å². The first kappa shape index (κ1) is 23.2. The largest absolute Gasteiger partial charge is 0.493 e. The normalized spacial score (nSPS) is 15.4. The fraction of sp³-hybridized carbons (Fsp3) is 0.381. The van der Waals surface area contributed by atoms with Crippen molar-refractivity contribution in [2.45, 2.75) is 18.9 Å². The summed E-state index contributed by atoms with van der Waals surface area (Å²) in [7, 11) is 2.26. The highest BCUT2D eigenvalue weighted by Gasteiger charge is 2.32. The van der Waals surface area contributed by atoms with Gasteiger partial charge in [0, 0.05) is 11.6 Å². The van der Waals surface area contributed by atoms with Crippen molar-refractivity contribution in [1.82, 2.24) is 4.72 Å². The summed E-state index contributed by atoms with van der Waals surface area (Å²) in [6.07, 6.45) is 1.84. The van der Waals surface area contributed by atoms with Gasteiger partial charge in [-0.1, -0.05) is 17.7 Å². The number of halogens is 1. The molecule has 0 fully saturated rings. The average Bonchev–Trinajstić information content (AvgIpc) is 2.96. The van der Waals surface area contributed by atoms with Crippen molar-refractivity contribution >= 4 is 21.6 Å². The van der Waals surface area contributed by atoms with E-state index in [1.54, 1.807) is 6.07 Å². The van der Waals surface area contributed by atoms with Crippen molar-refractivity contribution in [2.75, 3.05) is 34.7 Å². The summed E-state index contributed by atoms with van der Waals surface area (Å²) in [6.45, 7) is 0. The van der Waals surface area contributed by atoms with Crippen molar-refractivity contribution in [3.05, 3.63) is 44.6 Å². The summed E-state index contributed by atoms with van der Waals surface area (Å²) in [5.74, 6) is 1.11. The molecule has 0 bridgehead atoms. The Morgan fingerprint density at radius 3 is 2.19 bits per heavy atom. The minimum absolute atomic E-state index is 0.123. The Morgan fingerprint density at radius 2 is 1.65 bits per heavy atom. The second-order valence-electron chi connectivity index (χ2n) is 7.03. The molecule has 0 aromatic heterocycles. The maximum atomic E-state index is 12.7. The number of nitrogens with one attached hydrogen (secondary N) is 1. The van der Waals surface area contributed by atoms with E-state index in [1.807, 2.05) is 0 Å². The molecule has 0 aliphatic heterocycles. The molecule has 0 saturated heterocycles. The van der Waals surface area contributed by atoms with Crippen LogP contribution in [0.3, 0.4) is 0 Å². The van der Waals surface area contributed by atoms with Crippen LogP contribution in [-0.4, -0.2) is 43.1 Å². The zero-order valence-electron chi connectivity index (χ0n) is 17.9. The van der Waals surface area contributed by atoms with E-state index in [1.165, 1.54) is 40.6 Å². The second-order valence-corrected chi connectivity index (χ2v) is 9.19. The molecule has 2 aromatic rings. The van der Waals surface area contributed by atoms with Gasteiger partial charge in [-0.15, -0.1) is 0 Å². The van der Waals surface area contributed by atoms with Crippen LogP contribution in [0.25, 0.3) is 11.1 Å². The molecule has 1 aliphatic carbocycles. The van der Waals surface area contributed by atoms with E-state index in [4.69, 9.17) is 30.5 Å². The summed E-state index contributed by atoms with van der Waals surface area (Å²) in [6, 6.07) is 3.95. The first-order valence-electron chi connectivity index (χ1n) is 9.37. The van der Waals surface area contributed by atoms with Gasteiger partial charge >= 0.3 is 0 Å². The average molecular weight is 470 g/mol. The lowest BCUT2D eigenvalue weighted by Gasteiger charge is -2.21. The van der Waals surface area contributed by atoms with Crippen LogP contribution in [0.5, 0.6) is 23.0 Å². The molecule has 0 unspecified atom stereocenters. The monoisotopic (exact) mass is 469 g/mol. The summed E-state index contributed by atoms with van der Waals surface area (Å²) < 4.78 is 48.6. The van der Waals surface area contributed by atoms with Crippen LogP contribution in [0.2, 0.25) is 5.02 Å². The molecule has 168 valence electrons. The Labute approximate surface area is 186 Å². The Hall–Kier alpha value is -2.49. The highest BCUT2D eigenvalue weighted by molar-refractivity contribution is 7.88. The third-order valence-electron chi connectivity index (χ3n) is 5.16. The third kappa shape index (κ3) is 4.30. The molecule has 31 heavy (non-hydrogen) atoms. The number of hydrogen-bond donors (Lipinski definition) is 1. The Bertz CT molecular complexity index is 1180. The predicted molar refractivity (Wildman–Crippen MR) is 118 cm³/mol. The van der Waals surface area contributed by atoms with Crippen molar-refractivity contribution in [2.24, 2.45) is 0 Å². The van der Waals surface area contributed by atoms with E-state index in [0.29, 0.717) is 57.4 Å². The van der Waals surface area contributed by atoms with E-state index in [9.17, 15) is 13.2 Å². The van der Waals surface area contributed by atoms with E-state index in [-0.39, 0.29) is 11.2 Å². The Morgan fingerprint density at radius 1 is 1.00 bits per heavy atom. The van der Waals surface area contributed by atoms with Crippen LogP contribution in [0.1, 0.15) is 23.6 Å². The van der Waals surface area contributed by atoms with Crippen molar-refractivity contribution in [3.8, 4) is 34.1 Å². The number of sulfonamides is 1. The van der Waals surface area contributed by atoms with Crippen LogP contribution in [-0.2, 0) is 16.4 Å². The van der Waals surface area contributed by atoms with Crippen LogP contribution < -0.4 is 29.1 Å². The minimum atomic E-state index is -3.57. The summed E-state index contributed by atoms with van der Waals surface area (Å²) in [5.41, 5.74) is 1.99. The smallest absolute Gasteiger partial charge is 0.220 e. The zero-order chi connectivity index (χ0) is 22.9. The molecule has 0 radical (unpaired) electrons. The molecule has 0 heterocycles. The van der Waals surface area contributed by atoms with Gasteiger partial charge in [-0.2, -0.15) is 0 Å². The maximum absolute atomic E-state index is 12.7. The molecular weight excluding hydrogens is 446 g/mol. The van der Waals surface area contributed by atoms with Crippen LogP contribution in [0.15, 0.2) is 23.0 Å². The first-order chi connectivity index (χ1) is 14.7. The van der Waals surface area contributed by atoms with Gasteiger partial charge in [0.25, 0.3) is 0 Å². The Kier molecular flexibility index (Phi) is 6.68. The quantitative estimate of drug-likeness (QED) is 0.694. The van der Waals surface area contributed by atoms with Gasteiger partial charge in [-0.05, 0) is 41.7 Å². The number of rotatable bonds is 6. The highest BCUT2D eigenvalue weighted by atomic mass is 35.5. The van der Waals surface area contributed by atoms with Gasteiger partial charge in [-0.3, -0.25) is 4.79 Å². The van der Waals surface area contributed by atoms with E-state index >= 15 is 0 Å². The maximum Gasteiger partial charge on any atom is 0.220 e. The molecule has 10 heteroatoms. The molecule has 0 spiro atoms. The molecule has 3 rings (SSSR count). The lowest BCUT2D eigenvalue weighted by atomic mass is 9.95. The minimum Gasteiger partial charge on any atom is -0.493 e.